The first-order valence-electron chi connectivity index (χ1n) is 5.49. The molecule has 1 aromatic rings. The fraction of sp³-hybridized carbons (Fsp3) is 0.500. The van der Waals surface area contributed by atoms with Crippen LogP contribution in [0.25, 0.3) is 0 Å². The average molecular weight is 266 g/mol. The predicted molar refractivity (Wildman–Crippen MR) is 62.5 cm³/mol. The third kappa shape index (κ3) is 2.93. The van der Waals surface area contributed by atoms with Crippen molar-refractivity contribution < 1.29 is 13.2 Å². The number of halogens is 4. The van der Waals surface area contributed by atoms with Crippen LogP contribution in [0.2, 0.25) is 0 Å². The van der Waals surface area contributed by atoms with Crippen LogP contribution in [0.1, 0.15) is 37.3 Å². The zero-order valence-electron chi connectivity index (χ0n) is 9.26. The van der Waals surface area contributed by atoms with Gasteiger partial charge in [0.05, 0.1) is 0 Å². The molecule has 1 fully saturated rings. The van der Waals surface area contributed by atoms with Crippen LogP contribution in [0.5, 0.6) is 0 Å². The van der Waals surface area contributed by atoms with Gasteiger partial charge in [0.25, 0.3) is 0 Å². The standard InChI is InChI=1S/C12H14F3N.ClH/c13-9-5-8(6-10(14)11(9)15)12(16)7-3-1-2-4-7;/h5-7,12H,1-4,16H2;1H/t12-;/m1./s1. The van der Waals surface area contributed by atoms with Crippen molar-refractivity contribution in [2.24, 2.45) is 11.7 Å². The highest BCUT2D eigenvalue weighted by atomic mass is 35.5. The number of hydrogen-bond acceptors (Lipinski definition) is 1. The van der Waals surface area contributed by atoms with Gasteiger partial charge in [0.1, 0.15) is 0 Å². The average Bonchev–Trinajstić information content (AvgIpc) is 2.77. The highest BCUT2D eigenvalue weighted by molar-refractivity contribution is 5.85. The molecule has 0 aromatic heterocycles. The Labute approximate surface area is 105 Å². The third-order valence-electron chi connectivity index (χ3n) is 3.30. The Kier molecular flexibility index (Phi) is 4.83. The van der Waals surface area contributed by atoms with Gasteiger partial charge in [0.15, 0.2) is 17.5 Å². The summed E-state index contributed by atoms with van der Waals surface area (Å²) < 4.78 is 38.8. The van der Waals surface area contributed by atoms with Gasteiger partial charge in [0.2, 0.25) is 0 Å². The van der Waals surface area contributed by atoms with Crippen LogP contribution in [-0.2, 0) is 0 Å². The second kappa shape index (κ2) is 5.74. The molecule has 1 aliphatic rings. The van der Waals surface area contributed by atoms with Gasteiger partial charge in [-0.25, -0.2) is 13.2 Å². The van der Waals surface area contributed by atoms with Crippen LogP contribution in [0, 0.1) is 23.4 Å². The number of nitrogens with two attached hydrogens (primary N) is 1. The molecule has 0 saturated heterocycles. The second-order valence-corrected chi connectivity index (χ2v) is 4.37. The molecule has 2 rings (SSSR count). The summed E-state index contributed by atoms with van der Waals surface area (Å²) >= 11 is 0. The van der Waals surface area contributed by atoms with Gasteiger partial charge in [-0.05, 0) is 36.5 Å². The van der Waals surface area contributed by atoms with Crippen molar-refractivity contribution in [1.82, 2.24) is 0 Å². The van der Waals surface area contributed by atoms with E-state index in [1.165, 1.54) is 0 Å². The van der Waals surface area contributed by atoms with E-state index in [1.807, 2.05) is 0 Å². The molecule has 1 aliphatic carbocycles. The van der Waals surface area contributed by atoms with Gasteiger partial charge in [-0.2, -0.15) is 0 Å². The third-order valence-corrected chi connectivity index (χ3v) is 3.30. The Morgan fingerprint density at radius 3 is 2.00 bits per heavy atom. The summed E-state index contributed by atoms with van der Waals surface area (Å²) in [7, 11) is 0. The van der Waals surface area contributed by atoms with Crippen molar-refractivity contribution in [1.29, 1.82) is 0 Å². The van der Waals surface area contributed by atoms with E-state index in [-0.39, 0.29) is 18.3 Å². The van der Waals surface area contributed by atoms with Gasteiger partial charge in [0, 0.05) is 6.04 Å². The van der Waals surface area contributed by atoms with Crippen LogP contribution < -0.4 is 5.73 Å². The van der Waals surface area contributed by atoms with Crippen molar-refractivity contribution in [3.05, 3.63) is 35.1 Å². The van der Waals surface area contributed by atoms with E-state index >= 15 is 0 Å². The van der Waals surface area contributed by atoms with Crippen LogP contribution in [0.3, 0.4) is 0 Å². The molecule has 17 heavy (non-hydrogen) atoms. The second-order valence-electron chi connectivity index (χ2n) is 4.37. The summed E-state index contributed by atoms with van der Waals surface area (Å²) in [4.78, 5) is 0. The molecule has 0 heterocycles. The van der Waals surface area contributed by atoms with Gasteiger partial charge in [-0.1, -0.05) is 12.8 Å². The van der Waals surface area contributed by atoms with Crippen LogP contribution in [-0.4, -0.2) is 0 Å². The Morgan fingerprint density at radius 1 is 1.06 bits per heavy atom. The van der Waals surface area contributed by atoms with Crippen molar-refractivity contribution in [3.8, 4) is 0 Å². The monoisotopic (exact) mass is 265 g/mol. The van der Waals surface area contributed by atoms with Crippen LogP contribution >= 0.6 is 12.4 Å². The van der Waals surface area contributed by atoms with Gasteiger partial charge >= 0.3 is 0 Å². The van der Waals surface area contributed by atoms with Crippen molar-refractivity contribution in [2.75, 3.05) is 0 Å². The van der Waals surface area contributed by atoms with E-state index in [0.717, 1.165) is 37.8 Å². The highest BCUT2D eigenvalue weighted by Crippen LogP contribution is 2.34. The molecule has 1 nitrogen and oxygen atoms in total. The molecule has 0 amide bonds. The zero-order chi connectivity index (χ0) is 11.7. The Hall–Kier alpha value is -0.740. The molecule has 2 N–H and O–H groups in total. The lowest BCUT2D eigenvalue weighted by molar-refractivity contribution is 0.421. The fourth-order valence-corrected chi connectivity index (χ4v) is 2.36. The summed E-state index contributed by atoms with van der Waals surface area (Å²) in [6, 6.07) is 1.61. The molecular formula is C12H15ClF3N. The fourth-order valence-electron chi connectivity index (χ4n) is 2.36. The summed E-state index contributed by atoms with van der Waals surface area (Å²) in [5.74, 6) is -3.50. The summed E-state index contributed by atoms with van der Waals surface area (Å²) in [5.41, 5.74) is 6.28. The highest BCUT2D eigenvalue weighted by Gasteiger charge is 2.25. The van der Waals surface area contributed by atoms with Gasteiger partial charge < -0.3 is 5.73 Å². The molecule has 0 aliphatic heterocycles. The first-order valence-corrected chi connectivity index (χ1v) is 5.49. The molecule has 1 saturated carbocycles. The lowest BCUT2D eigenvalue weighted by atomic mass is 9.92. The minimum Gasteiger partial charge on any atom is -0.324 e. The first kappa shape index (κ1) is 14.3. The van der Waals surface area contributed by atoms with Gasteiger partial charge in [-0.3, -0.25) is 0 Å². The topological polar surface area (TPSA) is 26.0 Å². The van der Waals surface area contributed by atoms with E-state index in [4.69, 9.17) is 5.73 Å². The molecule has 1 aromatic carbocycles. The molecule has 0 radical (unpaired) electrons. The number of hydrogen-bond donors (Lipinski definition) is 1. The van der Waals surface area contributed by atoms with E-state index in [9.17, 15) is 13.2 Å². The van der Waals surface area contributed by atoms with Crippen molar-refractivity contribution >= 4 is 12.4 Å². The molecule has 0 bridgehead atoms. The van der Waals surface area contributed by atoms with Crippen LogP contribution in [0.15, 0.2) is 12.1 Å². The summed E-state index contributed by atoms with van der Waals surface area (Å²) in [6.45, 7) is 0. The molecule has 0 spiro atoms. The lowest BCUT2D eigenvalue weighted by Crippen LogP contribution is -2.19. The maximum atomic E-state index is 13.0. The smallest absolute Gasteiger partial charge is 0.194 e. The molecule has 96 valence electrons. The van der Waals surface area contributed by atoms with Crippen molar-refractivity contribution in [2.45, 2.75) is 31.7 Å². The SMILES string of the molecule is Cl.N[C@@H](c1cc(F)c(F)c(F)c1)C1CCCC1. The van der Waals surface area contributed by atoms with E-state index in [2.05, 4.69) is 0 Å². The Morgan fingerprint density at radius 2 is 1.53 bits per heavy atom. The minimum atomic E-state index is -1.43. The zero-order valence-corrected chi connectivity index (χ0v) is 10.1. The summed E-state index contributed by atoms with van der Waals surface area (Å²) in [5, 5.41) is 0. The van der Waals surface area contributed by atoms with Gasteiger partial charge in [-0.15, -0.1) is 12.4 Å². The molecular weight excluding hydrogens is 251 g/mol. The molecule has 0 unspecified atom stereocenters. The maximum Gasteiger partial charge on any atom is 0.194 e. The van der Waals surface area contributed by atoms with Crippen LogP contribution in [0.4, 0.5) is 13.2 Å². The normalized spacial score (nSPS) is 17.9. The number of rotatable bonds is 2. The van der Waals surface area contributed by atoms with E-state index < -0.39 is 23.5 Å². The minimum absolute atomic E-state index is 0. The molecule has 1 atom stereocenters. The Balaban J connectivity index is 0.00000144. The first-order chi connectivity index (χ1) is 7.59. The largest absolute Gasteiger partial charge is 0.324 e. The van der Waals surface area contributed by atoms with Crippen molar-refractivity contribution in [3.63, 3.8) is 0 Å². The predicted octanol–water partition coefficient (Wildman–Crippen LogP) is 3.72. The summed E-state index contributed by atoms with van der Waals surface area (Å²) in [6.07, 6.45) is 4.15. The quantitative estimate of drug-likeness (QED) is 0.811. The lowest BCUT2D eigenvalue weighted by Gasteiger charge is -2.19. The van der Waals surface area contributed by atoms with E-state index in [0.29, 0.717) is 5.56 Å². The maximum absolute atomic E-state index is 13.0. The Bertz CT molecular complexity index is 368. The molecule has 5 heteroatoms. The van der Waals surface area contributed by atoms with E-state index in [1.54, 1.807) is 0 Å². The number of benzene rings is 1.